The minimum absolute atomic E-state index is 0.0525. The van der Waals surface area contributed by atoms with Crippen molar-refractivity contribution in [3.63, 3.8) is 0 Å². The van der Waals surface area contributed by atoms with Gasteiger partial charge in [-0.1, -0.05) is 30.3 Å². The molecule has 9 heteroatoms. The van der Waals surface area contributed by atoms with Gasteiger partial charge in [0.25, 0.3) is 15.9 Å². The Labute approximate surface area is 231 Å². The quantitative estimate of drug-likeness (QED) is 0.332. The maximum Gasteiger partial charge on any atom is 0.264 e. The van der Waals surface area contributed by atoms with Crippen molar-refractivity contribution >= 4 is 21.6 Å². The van der Waals surface area contributed by atoms with E-state index in [9.17, 15) is 13.2 Å². The summed E-state index contributed by atoms with van der Waals surface area (Å²) < 4.78 is 38.5. The molecule has 39 heavy (non-hydrogen) atoms. The standard InChI is InChI=1S/C30H37N3O5S/c1-4-33(26-19-20-32(22-26)21-24-9-7-6-8-10-24)30(34)23-38-28-13-11-25(12-14-28)31(3)39(35,36)29-17-15-27(16-18-29)37-5-2/h6-18,26H,4-5,19-23H2,1-3H3. The van der Waals surface area contributed by atoms with Crippen molar-refractivity contribution in [3.8, 4) is 11.5 Å². The van der Waals surface area contributed by atoms with E-state index in [-0.39, 0.29) is 23.5 Å². The van der Waals surface area contributed by atoms with E-state index in [1.165, 1.54) is 29.0 Å². The summed E-state index contributed by atoms with van der Waals surface area (Å²) in [6.07, 6.45) is 0.941. The Balaban J connectivity index is 1.31. The van der Waals surface area contributed by atoms with E-state index in [1.54, 1.807) is 36.4 Å². The minimum atomic E-state index is -3.74. The number of anilines is 1. The lowest BCUT2D eigenvalue weighted by molar-refractivity contribution is -0.135. The molecule has 1 atom stereocenters. The Hall–Kier alpha value is -3.56. The molecule has 1 aliphatic rings. The van der Waals surface area contributed by atoms with Crippen LogP contribution in [0.25, 0.3) is 0 Å². The molecule has 8 nitrogen and oxygen atoms in total. The summed E-state index contributed by atoms with van der Waals surface area (Å²) in [6.45, 7) is 7.62. The van der Waals surface area contributed by atoms with E-state index in [0.717, 1.165) is 26.1 Å². The summed E-state index contributed by atoms with van der Waals surface area (Å²) >= 11 is 0. The fourth-order valence-corrected chi connectivity index (χ4v) is 6.04. The molecule has 4 rings (SSSR count). The number of likely N-dealkylation sites (tertiary alicyclic amines) is 1. The fraction of sp³-hybridized carbons (Fsp3) is 0.367. The Bertz CT molecular complexity index is 1310. The van der Waals surface area contributed by atoms with Crippen molar-refractivity contribution in [1.82, 2.24) is 9.80 Å². The van der Waals surface area contributed by atoms with E-state index in [2.05, 4.69) is 17.0 Å². The lowest BCUT2D eigenvalue weighted by Crippen LogP contribution is -2.44. The zero-order valence-corrected chi connectivity index (χ0v) is 23.6. The van der Waals surface area contributed by atoms with Gasteiger partial charge in [-0.25, -0.2) is 8.42 Å². The summed E-state index contributed by atoms with van der Waals surface area (Å²) in [5.74, 6) is 1.07. The van der Waals surface area contributed by atoms with Gasteiger partial charge in [0.1, 0.15) is 11.5 Å². The Morgan fingerprint density at radius 1 is 0.923 bits per heavy atom. The summed E-state index contributed by atoms with van der Waals surface area (Å²) in [6, 6.07) is 23.6. The smallest absolute Gasteiger partial charge is 0.264 e. The van der Waals surface area contributed by atoms with Gasteiger partial charge >= 0.3 is 0 Å². The highest BCUT2D eigenvalue weighted by atomic mass is 32.2. The molecular weight excluding hydrogens is 514 g/mol. The average molecular weight is 552 g/mol. The van der Waals surface area contributed by atoms with Gasteiger partial charge < -0.3 is 14.4 Å². The maximum atomic E-state index is 13.1. The van der Waals surface area contributed by atoms with E-state index in [1.807, 2.05) is 36.9 Å². The second-order valence-corrected chi connectivity index (χ2v) is 11.5. The number of ether oxygens (including phenoxy) is 2. The van der Waals surface area contributed by atoms with Gasteiger partial charge in [-0.2, -0.15) is 0 Å². The molecule has 3 aromatic carbocycles. The second-order valence-electron chi connectivity index (χ2n) is 9.50. The molecule has 0 spiro atoms. The molecule has 0 aliphatic carbocycles. The molecule has 208 valence electrons. The van der Waals surface area contributed by atoms with E-state index < -0.39 is 10.0 Å². The molecule has 1 unspecified atom stereocenters. The topological polar surface area (TPSA) is 79.4 Å². The van der Waals surface area contributed by atoms with Crippen LogP contribution in [0.1, 0.15) is 25.8 Å². The highest BCUT2D eigenvalue weighted by Gasteiger charge is 2.30. The number of hydrogen-bond acceptors (Lipinski definition) is 6. The molecule has 0 N–H and O–H groups in total. The third kappa shape index (κ3) is 7.10. The van der Waals surface area contributed by atoms with Crippen LogP contribution in [-0.2, 0) is 21.4 Å². The van der Waals surface area contributed by atoms with Gasteiger partial charge in [0, 0.05) is 39.3 Å². The SMILES string of the molecule is CCOc1ccc(S(=O)(=O)N(C)c2ccc(OCC(=O)N(CC)C3CCN(Cc4ccccc4)C3)cc2)cc1. The van der Waals surface area contributed by atoms with Crippen molar-refractivity contribution < 1.29 is 22.7 Å². The second kappa shape index (κ2) is 13.0. The van der Waals surface area contributed by atoms with Crippen molar-refractivity contribution in [3.05, 3.63) is 84.4 Å². The molecular formula is C30H37N3O5S. The molecule has 0 bridgehead atoms. The summed E-state index contributed by atoms with van der Waals surface area (Å²) in [4.78, 5) is 17.5. The van der Waals surface area contributed by atoms with Crippen LogP contribution in [0.2, 0.25) is 0 Å². The lowest BCUT2D eigenvalue weighted by atomic mass is 10.2. The number of rotatable bonds is 12. The van der Waals surface area contributed by atoms with E-state index in [0.29, 0.717) is 30.3 Å². The lowest BCUT2D eigenvalue weighted by Gasteiger charge is -2.28. The van der Waals surface area contributed by atoms with Crippen molar-refractivity contribution in [2.45, 2.75) is 37.8 Å². The maximum absolute atomic E-state index is 13.1. The predicted octanol–water partition coefficient (Wildman–Crippen LogP) is 4.41. The van der Waals surface area contributed by atoms with Crippen molar-refractivity contribution in [1.29, 1.82) is 0 Å². The van der Waals surface area contributed by atoms with Gasteiger partial charge in [0.2, 0.25) is 0 Å². The third-order valence-corrected chi connectivity index (χ3v) is 8.75. The molecule has 1 aliphatic heterocycles. The first-order chi connectivity index (χ1) is 18.8. The highest BCUT2D eigenvalue weighted by Crippen LogP contribution is 2.26. The molecule has 1 heterocycles. The molecule has 1 saturated heterocycles. The van der Waals surface area contributed by atoms with Crippen LogP contribution in [0.4, 0.5) is 5.69 Å². The average Bonchev–Trinajstić information content (AvgIpc) is 3.41. The molecule has 1 fully saturated rings. The van der Waals surface area contributed by atoms with Crippen molar-refractivity contribution in [2.24, 2.45) is 0 Å². The number of amides is 1. The van der Waals surface area contributed by atoms with Gasteiger partial charge in [-0.05, 0) is 74.4 Å². The Morgan fingerprint density at radius 3 is 2.21 bits per heavy atom. The molecule has 0 radical (unpaired) electrons. The third-order valence-electron chi connectivity index (χ3n) is 6.95. The zero-order valence-electron chi connectivity index (χ0n) is 22.8. The van der Waals surface area contributed by atoms with Crippen LogP contribution >= 0.6 is 0 Å². The first-order valence-corrected chi connectivity index (χ1v) is 14.8. The number of carbonyl (C=O) groups excluding carboxylic acids is 1. The molecule has 0 aromatic heterocycles. The number of nitrogens with zero attached hydrogens (tertiary/aromatic N) is 3. The normalized spacial score (nSPS) is 15.6. The molecule has 3 aromatic rings. The number of likely N-dealkylation sites (N-methyl/N-ethyl adjacent to an activating group) is 1. The fourth-order valence-electron chi connectivity index (χ4n) is 4.84. The monoisotopic (exact) mass is 551 g/mol. The van der Waals surface area contributed by atoms with Crippen LogP contribution in [0.15, 0.2) is 83.8 Å². The van der Waals surface area contributed by atoms with Gasteiger partial charge in [-0.3, -0.25) is 14.0 Å². The van der Waals surface area contributed by atoms with Gasteiger partial charge in [-0.15, -0.1) is 0 Å². The predicted molar refractivity (Wildman–Crippen MR) is 153 cm³/mol. The number of sulfonamides is 1. The largest absolute Gasteiger partial charge is 0.494 e. The summed E-state index contributed by atoms with van der Waals surface area (Å²) in [5, 5.41) is 0. The summed E-state index contributed by atoms with van der Waals surface area (Å²) in [5.41, 5.74) is 1.76. The number of carbonyl (C=O) groups is 1. The van der Waals surface area contributed by atoms with Crippen LogP contribution < -0.4 is 13.8 Å². The Kier molecular flexibility index (Phi) is 9.48. The molecule has 1 amide bonds. The zero-order chi connectivity index (χ0) is 27.8. The van der Waals surface area contributed by atoms with E-state index in [4.69, 9.17) is 9.47 Å². The van der Waals surface area contributed by atoms with Crippen LogP contribution in [0.5, 0.6) is 11.5 Å². The highest BCUT2D eigenvalue weighted by molar-refractivity contribution is 7.92. The molecule has 0 saturated carbocycles. The van der Waals surface area contributed by atoms with Crippen molar-refractivity contribution in [2.75, 3.05) is 44.2 Å². The van der Waals surface area contributed by atoms with Crippen LogP contribution in [0, 0.1) is 0 Å². The minimum Gasteiger partial charge on any atom is -0.494 e. The van der Waals surface area contributed by atoms with Crippen LogP contribution in [0.3, 0.4) is 0 Å². The van der Waals surface area contributed by atoms with E-state index >= 15 is 0 Å². The number of benzene rings is 3. The van der Waals surface area contributed by atoms with Crippen LogP contribution in [-0.4, -0.2) is 70.1 Å². The first-order valence-electron chi connectivity index (χ1n) is 13.3. The van der Waals surface area contributed by atoms with Gasteiger partial charge in [0.05, 0.1) is 17.2 Å². The number of hydrogen-bond donors (Lipinski definition) is 0. The first kappa shape index (κ1) is 28.4. The van der Waals surface area contributed by atoms with Gasteiger partial charge in [0.15, 0.2) is 6.61 Å². The summed E-state index contributed by atoms with van der Waals surface area (Å²) in [7, 11) is -2.23. The Morgan fingerprint density at radius 2 is 1.56 bits per heavy atom.